The smallest absolute Gasteiger partial charge is 0.319 e. The fourth-order valence-electron chi connectivity index (χ4n) is 1.68. The van der Waals surface area contributed by atoms with Crippen molar-refractivity contribution >= 4 is 6.03 Å². The van der Waals surface area contributed by atoms with Crippen molar-refractivity contribution in [1.82, 2.24) is 9.80 Å². The Morgan fingerprint density at radius 2 is 1.93 bits per heavy atom. The van der Waals surface area contributed by atoms with E-state index < -0.39 is 0 Å². The van der Waals surface area contributed by atoms with E-state index in [2.05, 4.69) is 0 Å². The standard InChI is InChI=1S/C10H20N2O2/c1-11-7-8-12(10(11)14)6-4-2-3-5-9-13/h13H,2-9H2,1H3. The van der Waals surface area contributed by atoms with Crippen molar-refractivity contribution in [3.05, 3.63) is 0 Å². The summed E-state index contributed by atoms with van der Waals surface area (Å²) in [6.45, 7) is 2.88. The van der Waals surface area contributed by atoms with E-state index in [0.717, 1.165) is 45.3 Å². The molecular formula is C10H20N2O2. The molecule has 2 amide bonds. The third-order valence-electron chi connectivity index (χ3n) is 2.64. The van der Waals surface area contributed by atoms with Gasteiger partial charge in [0.05, 0.1) is 0 Å². The number of carbonyl (C=O) groups excluding carboxylic acids is 1. The number of rotatable bonds is 6. The molecule has 0 aromatic heterocycles. The summed E-state index contributed by atoms with van der Waals surface area (Å²) in [7, 11) is 1.84. The maximum atomic E-state index is 11.4. The van der Waals surface area contributed by atoms with Crippen LogP contribution in [0.25, 0.3) is 0 Å². The summed E-state index contributed by atoms with van der Waals surface area (Å²) >= 11 is 0. The lowest BCUT2D eigenvalue weighted by Gasteiger charge is -2.15. The molecule has 0 aliphatic carbocycles. The van der Waals surface area contributed by atoms with Crippen molar-refractivity contribution in [2.75, 3.05) is 33.3 Å². The second-order valence-electron chi connectivity index (χ2n) is 3.83. The van der Waals surface area contributed by atoms with Gasteiger partial charge in [0.25, 0.3) is 0 Å². The van der Waals surface area contributed by atoms with E-state index in [0.29, 0.717) is 0 Å². The van der Waals surface area contributed by atoms with E-state index in [9.17, 15) is 4.79 Å². The summed E-state index contributed by atoms with van der Waals surface area (Å²) in [6.07, 6.45) is 4.11. The molecule has 0 spiro atoms. The third-order valence-corrected chi connectivity index (χ3v) is 2.64. The summed E-state index contributed by atoms with van der Waals surface area (Å²) in [6, 6.07) is 0.159. The minimum absolute atomic E-state index is 0.159. The summed E-state index contributed by atoms with van der Waals surface area (Å²) in [5, 5.41) is 8.58. The molecule has 1 aliphatic heterocycles. The largest absolute Gasteiger partial charge is 0.396 e. The molecule has 1 saturated heterocycles. The van der Waals surface area contributed by atoms with Gasteiger partial charge in [-0.3, -0.25) is 0 Å². The van der Waals surface area contributed by atoms with Crippen molar-refractivity contribution in [2.24, 2.45) is 0 Å². The van der Waals surface area contributed by atoms with Gasteiger partial charge < -0.3 is 14.9 Å². The predicted molar refractivity (Wildman–Crippen MR) is 55.2 cm³/mol. The number of nitrogens with zero attached hydrogens (tertiary/aromatic N) is 2. The predicted octanol–water partition coefficient (Wildman–Crippen LogP) is 0.906. The number of likely N-dealkylation sites (N-methyl/N-ethyl adjacent to an activating group) is 1. The number of unbranched alkanes of at least 4 members (excludes halogenated alkanes) is 3. The van der Waals surface area contributed by atoms with Gasteiger partial charge >= 0.3 is 6.03 Å². The number of amides is 2. The van der Waals surface area contributed by atoms with Crippen LogP contribution < -0.4 is 0 Å². The van der Waals surface area contributed by atoms with Crippen molar-refractivity contribution in [3.63, 3.8) is 0 Å². The zero-order valence-electron chi connectivity index (χ0n) is 8.91. The molecule has 0 aromatic rings. The van der Waals surface area contributed by atoms with Crippen LogP contribution in [0.1, 0.15) is 25.7 Å². The van der Waals surface area contributed by atoms with Gasteiger partial charge in [-0.15, -0.1) is 0 Å². The van der Waals surface area contributed by atoms with Gasteiger partial charge in [0.15, 0.2) is 0 Å². The van der Waals surface area contributed by atoms with Gasteiger partial charge in [-0.1, -0.05) is 12.8 Å². The monoisotopic (exact) mass is 200 g/mol. The van der Waals surface area contributed by atoms with Crippen molar-refractivity contribution < 1.29 is 9.90 Å². The van der Waals surface area contributed by atoms with E-state index in [4.69, 9.17) is 5.11 Å². The van der Waals surface area contributed by atoms with Gasteiger partial charge in [0, 0.05) is 33.3 Å². The molecule has 0 radical (unpaired) electrons. The average molecular weight is 200 g/mol. The highest BCUT2D eigenvalue weighted by Crippen LogP contribution is 2.08. The van der Waals surface area contributed by atoms with Gasteiger partial charge in [-0.25, -0.2) is 4.79 Å². The molecule has 0 unspecified atom stereocenters. The Bertz CT molecular complexity index is 185. The van der Waals surface area contributed by atoms with Gasteiger partial charge in [-0.05, 0) is 12.8 Å². The van der Waals surface area contributed by atoms with E-state index in [1.807, 2.05) is 11.9 Å². The molecule has 1 fully saturated rings. The Balaban J connectivity index is 2.04. The van der Waals surface area contributed by atoms with Crippen LogP contribution in [0.4, 0.5) is 4.79 Å². The first kappa shape index (κ1) is 11.3. The highest BCUT2D eigenvalue weighted by Gasteiger charge is 2.23. The normalized spacial score (nSPS) is 16.9. The summed E-state index contributed by atoms with van der Waals surface area (Å²) in [5.41, 5.74) is 0. The fourth-order valence-corrected chi connectivity index (χ4v) is 1.68. The molecular weight excluding hydrogens is 180 g/mol. The average Bonchev–Trinajstić information content (AvgIpc) is 2.49. The molecule has 0 aromatic carbocycles. The van der Waals surface area contributed by atoms with E-state index in [1.165, 1.54) is 0 Å². The number of aliphatic hydroxyl groups is 1. The lowest BCUT2D eigenvalue weighted by Crippen LogP contribution is -2.30. The van der Waals surface area contributed by atoms with E-state index >= 15 is 0 Å². The minimum Gasteiger partial charge on any atom is -0.396 e. The number of hydrogen-bond acceptors (Lipinski definition) is 2. The first-order chi connectivity index (χ1) is 6.75. The van der Waals surface area contributed by atoms with Crippen LogP contribution in [0.5, 0.6) is 0 Å². The molecule has 4 nitrogen and oxygen atoms in total. The van der Waals surface area contributed by atoms with E-state index in [1.54, 1.807) is 4.90 Å². The van der Waals surface area contributed by atoms with Crippen LogP contribution in [0.15, 0.2) is 0 Å². The van der Waals surface area contributed by atoms with Crippen LogP contribution in [0.2, 0.25) is 0 Å². The summed E-state index contributed by atoms with van der Waals surface area (Å²) < 4.78 is 0. The molecule has 4 heteroatoms. The minimum atomic E-state index is 0.159. The molecule has 1 N–H and O–H groups in total. The number of aliphatic hydroxyl groups excluding tert-OH is 1. The van der Waals surface area contributed by atoms with Crippen LogP contribution >= 0.6 is 0 Å². The highest BCUT2D eigenvalue weighted by atomic mass is 16.2. The quantitative estimate of drug-likeness (QED) is 0.648. The number of urea groups is 1. The van der Waals surface area contributed by atoms with Gasteiger partial charge in [0.1, 0.15) is 0 Å². The van der Waals surface area contributed by atoms with E-state index in [-0.39, 0.29) is 12.6 Å². The molecule has 82 valence electrons. The topological polar surface area (TPSA) is 43.8 Å². The van der Waals surface area contributed by atoms with Crippen LogP contribution in [-0.2, 0) is 0 Å². The van der Waals surface area contributed by atoms with Crippen LogP contribution in [-0.4, -0.2) is 54.2 Å². The van der Waals surface area contributed by atoms with Gasteiger partial charge in [0.2, 0.25) is 0 Å². The molecule has 0 atom stereocenters. The zero-order chi connectivity index (χ0) is 10.4. The zero-order valence-corrected chi connectivity index (χ0v) is 8.91. The van der Waals surface area contributed by atoms with Crippen LogP contribution in [0.3, 0.4) is 0 Å². The second kappa shape index (κ2) is 5.86. The molecule has 1 aliphatic rings. The van der Waals surface area contributed by atoms with Crippen molar-refractivity contribution in [1.29, 1.82) is 0 Å². The molecule has 0 bridgehead atoms. The third kappa shape index (κ3) is 3.18. The molecule has 1 rings (SSSR count). The van der Waals surface area contributed by atoms with Crippen molar-refractivity contribution in [2.45, 2.75) is 25.7 Å². The lowest BCUT2D eigenvalue weighted by atomic mass is 10.2. The first-order valence-electron chi connectivity index (χ1n) is 5.36. The summed E-state index contributed by atoms with van der Waals surface area (Å²) in [4.78, 5) is 15.1. The second-order valence-corrected chi connectivity index (χ2v) is 3.83. The Hall–Kier alpha value is -0.770. The molecule has 14 heavy (non-hydrogen) atoms. The lowest BCUT2D eigenvalue weighted by molar-refractivity contribution is 0.197. The van der Waals surface area contributed by atoms with Gasteiger partial charge in [-0.2, -0.15) is 0 Å². The van der Waals surface area contributed by atoms with Crippen molar-refractivity contribution in [3.8, 4) is 0 Å². The fraction of sp³-hybridized carbons (Fsp3) is 0.900. The molecule has 0 saturated carbocycles. The maximum Gasteiger partial charge on any atom is 0.319 e. The Labute approximate surface area is 85.5 Å². The molecule has 1 heterocycles. The van der Waals surface area contributed by atoms with Crippen LogP contribution in [0, 0.1) is 0 Å². The Kier molecular flexibility index (Phi) is 4.73. The summed E-state index contributed by atoms with van der Waals surface area (Å²) in [5.74, 6) is 0. The first-order valence-corrected chi connectivity index (χ1v) is 5.36. The highest BCUT2D eigenvalue weighted by molar-refractivity contribution is 5.76. The number of hydrogen-bond donors (Lipinski definition) is 1. The Morgan fingerprint density at radius 1 is 1.21 bits per heavy atom. The number of carbonyl (C=O) groups is 1. The Morgan fingerprint density at radius 3 is 2.50 bits per heavy atom. The maximum absolute atomic E-state index is 11.4. The SMILES string of the molecule is CN1CCN(CCCCCCO)C1=O.